The first-order valence-electron chi connectivity index (χ1n) is 4.14. The number of anilines is 1. The van der Waals surface area contributed by atoms with Crippen molar-refractivity contribution in [3.8, 4) is 0 Å². The zero-order valence-corrected chi connectivity index (χ0v) is 7.86. The molecule has 0 radical (unpaired) electrons. The number of methoxy groups -OCH3 is 1. The van der Waals surface area contributed by atoms with Crippen LogP contribution in [0, 0.1) is 0 Å². The second kappa shape index (κ2) is 4.73. The molecule has 1 unspecified atom stereocenters. The first kappa shape index (κ1) is 10.7. The van der Waals surface area contributed by atoms with E-state index < -0.39 is 5.69 Å². The van der Waals surface area contributed by atoms with Gasteiger partial charge in [-0.3, -0.25) is 4.98 Å². The molecule has 0 fully saturated rings. The van der Waals surface area contributed by atoms with Crippen LogP contribution in [0.25, 0.3) is 0 Å². The van der Waals surface area contributed by atoms with Crippen LogP contribution in [0.15, 0.2) is 11.0 Å². The first-order chi connectivity index (χ1) is 6.67. The van der Waals surface area contributed by atoms with E-state index in [0.29, 0.717) is 12.0 Å². The number of aliphatic hydroxyl groups excluding tert-OH is 1. The van der Waals surface area contributed by atoms with Gasteiger partial charge in [-0.25, -0.2) is 9.78 Å². The molecule has 14 heavy (non-hydrogen) atoms. The van der Waals surface area contributed by atoms with Crippen molar-refractivity contribution in [3.05, 3.63) is 22.2 Å². The second-order valence-electron chi connectivity index (χ2n) is 2.87. The van der Waals surface area contributed by atoms with Gasteiger partial charge in [-0.1, -0.05) is 0 Å². The summed E-state index contributed by atoms with van der Waals surface area (Å²) >= 11 is 0. The maximum atomic E-state index is 10.7. The topological polar surface area (TPSA) is 101 Å². The molecule has 0 spiro atoms. The van der Waals surface area contributed by atoms with E-state index in [2.05, 4.69) is 9.97 Å². The quantitative estimate of drug-likeness (QED) is 0.571. The fourth-order valence-electron chi connectivity index (χ4n) is 1.06. The SMILES string of the molecule is COC(CO)Cc1cnc(=O)[nH]c1N. The number of H-pyrrole nitrogens is 1. The highest BCUT2D eigenvalue weighted by Gasteiger charge is 2.09. The lowest BCUT2D eigenvalue weighted by Crippen LogP contribution is -2.22. The van der Waals surface area contributed by atoms with Gasteiger partial charge in [0.1, 0.15) is 5.82 Å². The molecule has 0 aliphatic heterocycles. The summed E-state index contributed by atoms with van der Waals surface area (Å²) in [6, 6.07) is 0. The molecular formula is C8H13N3O3. The molecule has 0 bridgehead atoms. The third-order valence-corrected chi connectivity index (χ3v) is 1.91. The van der Waals surface area contributed by atoms with Gasteiger partial charge in [0.25, 0.3) is 0 Å². The highest BCUT2D eigenvalue weighted by Crippen LogP contribution is 2.08. The Balaban J connectivity index is 2.81. The van der Waals surface area contributed by atoms with Gasteiger partial charge in [0.2, 0.25) is 0 Å². The van der Waals surface area contributed by atoms with E-state index in [9.17, 15) is 4.79 Å². The van der Waals surface area contributed by atoms with Crippen LogP contribution in [-0.2, 0) is 11.2 Å². The van der Waals surface area contributed by atoms with E-state index in [4.69, 9.17) is 15.6 Å². The zero-order chi connectivity index (χ0) is 10.6. The van der Waals surface area contributed by atoms with Crippen LogP contribution in [0.2, 0.25) is 0 Å². The maximum Gasteiger partial charge on any atom is 0.346 e. The Labute approximate surface area is 80.7 Å². The van der Waals surface area contributed by atoms with Gasteiger partial charge in [0.05, 0.1) is 12.7 Å². The highest BCUT2D eigenvalue weighted by molar-refractivity contribution is 5.36. The number of hydrogen-bond acceptors (Lipinski definition) is 5. The second-order valence-corrected chi connectivity index (χ2v) is 2.87. The average molecular weight is 199 g/mol. The van der Waals surface area contributed by atoms with Crippen LogP contribution in [-0.4, -0.2) is 34.9 Å². The number of aromatic nitrogens is 2. The molecule has 1 aromatic rings. The number of nitrogens with zero attached hydrogens (tertiary/aromatic N) is 1. The van der Waals surface area contributed by atoms with E-state index in [1.165, 1.54) is 13.3 Å². The Hall–Kier alpha value is -1.40. The van der Waals surface area contributed by atoms with Crippen LogP contribution in [0.1, 0.15) is 5.56 Å². The highest BCUT2D eigenvalue weighted by atomic mass is 16.5. The smallest absolute Gasteiger partial charge is 0.346 e. The standard InChI is InChI=1S/C8H13N3O3/c1-14-6(4-12)2-5-3-10-8(13)11-7(5)9/h3,6,12H,2,4H2,1H3,(H3,9,10,11,13). The summed E-state index contributed by atoms with van der Waals surface area (Å²) in [6.45, 7) is -0.102. The van der Waals surface area contributed by atoms with Gasteiger partial charge >= 0.3 is 5.69 Å². The molecule has 0 amide bonds. The van der Waals surface area contributed by atoms with Gasteiger partial charge in [-0.2, -0.15) is 0 Å². The van der Waals surface area contributed by atoms with Crippen molar-refractivity contribution in [2.45, 2.75) is 12.5 Å². The summed E-state index contributed by atoms with van der Waals surface area (Å²) in [5.74, 6) is 0.264. The Morgan fingerprint density at radius 3 is 3.00 bits per heavy atom. The zero-order valence-electron chi connectivity index (χ0n) is 7.86. The molecule has 1 heterocycles. The minimum atomic E-state index is -0.482. The number of nitrogen functional groups attached to an aromatic ring is 1. The number of nitrogens with two attached hydrogens (primary N) is 1. The van der Waals surface area contributed by atoms with Crippen molar-refractivity contribution in [3.63, 3.8) is 0 Å². The summed E-state index contributed by atoms with van der Waals surface area (Å²) in [4.78, 5) is 16.6. The molecule has 0 saturated heterocycles. The minimum absolute atomic E-state index is 0.102. The molecule has 0 aliphatic carbocycles. The molecule has 1 atom stereocenters. The summed E-state index contributed by atoms with van der Waals surface area (Å²) in [7, 11) is 1.50. The predicted octanol–water partition coefficient (Wildman–Crippen LogP) is -1.10. The lowest BCUT2D eigenvalue weighted by Gasteiger charge is -2.12. The van der Waals surface area contributed by atoms with E-state index >= 15 is 0 Å². The summed E-state index contributed by atoms with van der Waals surface area (Å²) < 4.78 is 4.96. The lowest BCUT2D eigenvalue weighted by atomic mass is 10.1. The maximum absolute atomic E-state index is 10.7. The van der Waals surface area contributed by atoms with E-state index in [0.717, 1.165) is 0 Å². The van der Waals surface area contributed by atoms with Crippen molar-refractivity contribution >= 4 is 5.82 Å². The van der Waals surface area contributed by atoms with Crippen molar-refractivity contribution in [1.29, 1.82) is 0 Å². The number of aliphatic hydroxyl groups is 1. The average Bonchev–Trinajstić information content (AvgIpc) is 2.17. The van der Waals surface area contributed by atoms with Gasteiger partial charge < -0.3 is 15.6 Å². The summed E-state index contributed by atoms with van der Waals surface area (Å²) in [6.07, 6.45) is 1.48. The number of hydrogen-bond donors (Lipinski definition) is 3. The Bertz CT molecular complexity index is 346. The predicted molar refractivity (Wildman–Crippen MR) is 50.9 cm³/mol. The Morgan fingerprint density at radius 1 is 1.79 bits per heavy atom. The third kappa shape index (κ3) is 2.54. The number of aromatic amines is 1. The Kier molecular flexibility index (Phi) is 3.61. The molecule has 1 aromatic heterocycles. The molecule has 78 valence electrons. The molecule has 1 rings (SSSR count). The van der Waals surface area contributed by atoms with Gasteiger partial charge in [-0.05, 0) is 0 Å². The van der Waals surface area contributed by atoms with Crippen molar-refractivity contribution in [2.24, 2.45) is 0 Å². The van der Waals surface area contributed by atoms with Crippen LogP contribution in [0.3, 0.4) is 0 Å². The number of rotatable bonds is 4. The van der Waals surface area contributed by atoms with E-state index in [1.807, 2.05) is 0 Å². The fourth-order valence-corrected chi connectivity index (χ4v) is 1.06. The largest absolute Gasteiger partial charge is 0.394 e. The molecule has 0 aliphatic rings. The monoisotopic (exact) mass is 199 g/mol. The Morgan fingerprint density at radius 2 is 2.50 bits per heavy atom. The fraction of sp³-hybridized carbons (Fsp3) is 0.500. The van der Waals surface area contributed by atoms with Crippen molar-refractivity contribution in [2.75, 3.05) is 19.5 Å². The van der Waals surface area contributed by atoms with Crippen LogP contribution >= 0.6 is 0 Å². The number of ether oxygens (including phenoxy) is 1. The van der Waals surface area contributed by atoms with Crippen molar-refractivity contribution in [1.82, 2.24) is 9.97 Å². The molecular weight excluding hydrogens is 186 g/mol. The van der Waals surface area contributed by atoms with Gasteiger partial charge in [0, 0.05) is 25.3 Å². The van der Waals surface area contributed by atoms with Gasteiger partial charge in [0.15, 0.2) is 0 Å². The molecule has 6 heteroatoms. The lowest BCUT2D eigenvalue weighted by molar-refractivity contribution is 0.0495. The van der Waals surface area contributed by atoms with Crippen LogP contribution in [0.4, 0.5) is 5.82 Å². The van der Waals surface area contributed by atoms with Gasteiger partial charge in [-0.15, -0.1) is 0 Å². The molecule has 4 N–H and O–H groups in total. The summed E-state index contributed by atoms with van der Waals surface area (Å²) in [5, 5.41) is 8.87. The van der Waals surface area contributed by atoms with E-state index in [1.54, 1.807) is 0 Å². The molecule has 0 saturated carbocycles. The first-order valence-corrected chi connectivity index (χ1v) is 4.14. The van der Waals surface area contributed by atoms with Crippen LogP contribution < -0.4 is 11.4 Å². The van der Waals surface area contributed by atoms with E-state index in [-0.39, 0.29) is 18.5 Å². The normalized spacial score (nSPS) is 12.7. The van der Waals surface area contributed by atoms with Crippen molar-refractivity contribution < 1.29 is 9.84 Å². The molecule has 0 aromatic carbocycles. The minimum Gasteiger partial charge on any atom is -0.394 e. The van der Waals surface area contributed by atoms with Crippen LogP contribution in [0.5, 0.6) is 0 Å². The molecule has 6 nitrogen and oxygen atoms in total. The number of nitrogens with one attached hydrogen (secondary N) is 1. The third-order valence-electron chi connectivity index (χ3n) is 1.91. The summed E-state index contributed by atoms with van der Waals surface area (Å²) in [5.41, 5.74) is 5.72.